The molecule has 0 aromatic carbocycles. The normalized spacial score (nSPS) is 23.2. The van der Waals surface area contributed by atoms with Gasteiger partial charge < -0.3 is 19.4 Å². The summed E-state index contributed by atoms with van der Waals surface area (Å²) >= 11 is 0. The van der Waals surface area contributed by atoms with Gasteiger partial charge in [0, 0.05) is 25.5 Å². The van der Waals surface area contributed by atoms with Crippen molar-refractivity contribution in [2.75, 3.05) is 6.61 Å². The van der Waals surface area contributed by atoms with E-state index in [1.54, 1.807) is 6.20 Å². The summed E-state index contributed by atoms with van der Waals surface area (Å²) in [4.78, 5) is 16.2. The van der Waals surface area contributed by atoms with Crippen LogP contribution in [-0.2, 0) is 11.2 Å². The Morgan fingerprint density at radius 1 is 1.40 bits per heavy atom. The van der Waals surface area contributed by atoms with Crippen molar-refractivity contribution in [2.45, 2.75) is 57.0 Å². The largest absolute Gasteiger partial charge is 0.443 e. The average molecular weight is 346 g/mol. The predicted octanol–water partition coefficient (Wildman–Crippen LogP) is 1.37. The molecule has 0 saturated carbocycles. The van der Waals surface area contributed by atoms with Gasteiger partial charge in [0.15, 0.2) is 0 Å². The number of hydrogen-bond acceptors (Lipinski definition) is 6. The van der Waals surface area contributed by atoms with Gasteiger partial charge in [0.05, 0.1) is 18.1 Å². The number of aliphatic hydroxyl groups is 2. The molecule has 3 rings (SSSR count). The standard InChI is InChI=1S/C18H22N2O5/c1-2-3-4-5-6-7-13-8-12-10-20(18(23)19-17(12)24-13)16-9-14(22)15(11-21)25-16/h1,8,10,14-16,21-22H,3-7,9,11H2/t14-,15+,16+/m0/s1. The Morgan fingerprint density at radius 3 is 2.96 bits per heavy atom. The van der Waals surface area contributed by atoms with Crippen LogP contribution in [0.4, 0.5) is 0 Å². The van der Waals surface area contributed by atoms with Crippen molar-refractivity contribution in [1.82, 2.24) is 9.55 Å². The Bertz CT molecular complexity index is 819. The molecule has 7 nitrogen and oxygen atoms in total. The molecular formula is C18H22N2O5. The lowest BCUT2D eigenvalue weighted by molar-refractivity contribution is -0.0457. The number of fused-ring (bicyclic) bond motifs is 1. The second kappa shape index (κ2) is 7.83. The monoisotopic (exact) mass is 346 g/mol. The number of aryl methyl sites for hydroxylation is 1. The highest BCUT2D eigenvalue weighted by Crippen LogP contribution is 2.28. The highest BCUT2D eigenvalue weighted by atomic mass is 16.5. The zero-order valence-electron chi connectivity index (χ0n) is 13.9. The first kappa shape index (κ1) is 17.7. The van der Waals surface area contributed by atoms with Gasteiger partial charge in [-0.05, 0) is 18.9 Å². The lowest BCUT2D eigenvalue weighted by Crippen LogP contribution is -2.27. The lowest BCUT2D eigenvalue weighted by atomic mass is 10.1. The van der Waals surface area contributed by atoms with Crippen molar-refractivity contribution in [3.8, 4) is 12.3 Å². The van der Waals surface area contributed by atoms with Crippen molar-refractivity contribution < 1.29 is 19.4 Å². The van der Waals surface area contributed by atoms with Crippen LogP contribution < -0.4 is 5.69 Å². The van der Waals surface area contributed by atoms with E-state index in [1.807, 2.05) is 6.07 Å². The molecule has 3 heterocycles. The number of hydrogen-bond donors (Lipinski definition) is 2. The first-order valence-corrected chi connectivity index (χ1v) is 8.52. The van der Waals surface area contributed by atoms with Gasteiger partial charge in [-0.2, -0.15) is 4.98 Å². The topological polar surface area (TPSA) is 97.7 Å². The van der Waals surface area contributed by atoms with Gasteiger partial charge in [-0.15, -0.1) is 12.3 Å². The van der Waals surface area contributed by atoms with E-state index in [0.29, 0.717) is 11.1 Å². The van der Waals surface area contributed by atoms with E-state index in [0.717, 1.165) is 37.9 Å². The van der Waals surface area contributed by atoms with Crippen molar-refractivity contribution in [3.63, 3.8) is 0 Å². The van der Waals surface area contributed by atoms with Crippen LogP contribution in [0.5, 0.6) is 0 Å². The van der Waals surface area contributed by atoms with E-state index >= 15 is 0 Å². The highest BCUT2D eigenvalue weighted by molar-refractivity contribution is 5.72. The third-order valence-corrected chi connectivity index (χ3v) is 4.43. The molecule has 2 aromatic heterocycles. The number of aliphatic hydroxyl groups excluding tert-OH is 2. The summed E-state index contributed by atoms with van der Waals surface area (Å²) in [6.45, 7) is -0.294. The number of rotatable bonds is 7. The molecule has 0 aliphatic carbocycles. The summed E-state index contributed by atoms with van der Waals surface area (Å²) in [5.41, 5.74) is -0.199. The summed E-state index contributed by atoms with van der Waals surface area (Å²) in [5.74, 6) is 3.40. The van der Waals surface area contributed by atoms with Crippen LogP contribution in [0.1, 0.15) is 44.1 Å². The van der Waals surface area contributed by atoms with E-state index < -0.39 is 24.1 Å². The molecule has 0 spiro atoms. The van der Waals surface area contributed by atoms with Gasteiger partial charge in [-0.1, -0.05) is 6.42 Å². The van der Waals surface area contributed by atoms with E-state index in [2.05, 4.69) is 10.9 Å². The molecule has 1 fully saturated rings. The maximum Gasteiger partial charge on any atom is 0.353 e. The fourth-order valence-electron chi connectivity index (χ4n) is 3.06. The first-order chi connectivity index (χ1) is 12.1. The molecule has 0 radical (unpaired) electrons. The number of furan rings is 1. The molecule has 3 atom stereocenters. The van der Waals surface area contributed by atoms with Gasteiger partial charge in [0.2, 0.25) is 5.71 Å². The third-order valence-electron chi connectivity index (χ3n) is 4.43. The number of nitrogens with zero attached hydrogens (tertiary/aromatic N) is 2. The molecule has 1 aliphatic heterocycles. The fraction of sp³-hybridized carbons (Fsp3) is 0.556. The van der Waals surface area contributed by atoms with Crippen LogP contribution in [0, 0.1) is 12.3 Å². The third kappa shape index (κ3) is 3.93. The Hall–Kier alpha value is -2.14. The molecule has 1 saturated heterocycles. The van der Waals surface area contributed by atoms with Crippen LogP contribution in [0.15, 0.2) is 21.5 Å². The summed E-state index contributed by atoms with van der Waals surface area (Å²) in [6.07, 6.45) is 9.49. The number of unbranched alkanes of at least 4 members (excludes halogenated alkanes) is 3. The van der Waals surface area contributed by atoms with Gasteiger partial charge >= 0.3 is 5.69 Å². The molecular weight excluding hydrogens is 324 g/mol. The SMILES string of the molecule is C#CCCCCCc1cc2cn([C@H]3C[C@H](O)[C@@H](CO)O3)c(=O)nc2o1. The van der Waals surface area contributed by atoms with E-state index in [-0.39, 0.29) is 13.0 Å². The smallest absolute Gasteiger partial charge is 0.353 e. The van der Waals surface area contributed by atoms with Crippen LogP contribution in [0.2, 0.25) is 0 Å². The van der Waals surface area contributed by atoms with Gasteiger partial charge in [0.1, 0.15) is 18.1 Å². The molecule has 134 valence electrons. The van der Waals surface area contributed by atoms with Crippen LogP contribution in [0.25, 0.3) is 11.1 Å². The quantitative estimate of drug-likeness (QED) is 0.580. The van der Waals surface area contributed by atoms with Crippen LogP contribution in [-0.4, -0.2) is 38.6 Å². The summed E-state index contributed by atoms with van der Waals surface area (Å²) in [5, 5.41) is 19.7. The highest BCUT2D eigenvalue weighted by Gasteiger charge is 2.35. The van der Waals surface area contributed by atoms with E-state index in [9.17, 15) is 9.90 Å². The van der Waals surface area contributed by atoms with Gasteiger partial charge in [-0.25, -0.2) is 4.79 Å². The molecule has 0 bridgehead atoms. The Kier molecular flexibility index (Phi) is 5.53. The predicted molar refractivity (Wildman–Crippen MR) is 90.9 cm³/mol. The molecule has 0 unspecified atom stereocenters. The molecule has 1 aliphatic rings. The summed E-state index contributed by atoms with van der Waals surface area (Å²) in [6, 6.07) is 1.87. The van der Waals surface area contributed by atoms with Gasteiger partial charge in [0.25, 0.3) is 0 Å². The van der Waals surface area contributed by atoms with Crippen molar-refractivity contribution in [2.24, 2.45) is 0 Å². The maximum absolute atomic E-state index is 12.2. The molecule has 2 N–H and O–H groups in total. The second-order valence-corrected chi connectivity index (χ2v) is 6.28. The Labute approximate surface area is 145 Å². The Balaban J connectivity index is 1.73. The lowest BCUT2D eigenvalue weighted by Gasteiger charge is -2.13. The number of aromatic nitrogens is 2. The Morgan fingerprint density at radius 2 is 2.24 bits per heavy atom. The molecule has 25 heavy (non-hydrogen) atoms. The van der Waals surface area contributed by atoms with E-state index in [4.69, 9.17) is 20.7 Å². The molecule has 0 amide bonds. The minimum Gasteiger partial charge on any atom is -0.443 e. The van der Waals surface area contributed by atoms with Crippen molar-refractivity contribution in [3.05, 3.63) is 28.5 Å². The molecule has 7 heteroatoms. The van der Waals surface area contributed by atoms with Gasteiger partial charge in [-0.3, -0.25) is 4.57 Å². The fourth-order valence-corrected chi connectivity index (χ4v) is 3.06. The van der Waals surface area contributed by atoms with Crippen LogP contribution >= 0.6 is 0 Å². The number of terminal acetylenes is 1. The zero-order valence-corrected chi connectivity index (χ0v) is 13.9. The van der Waals surface area contributed by atoms with Crippen LogP contribution in [0.3, 0.4) is 0 Å². The minimum atomic E-state index is -0.805. The minimum absolute atomic E-state index is 0.234. The number of ether oxygens (including phenoxy) is 1. The zero-order chi connectivity index (χ0) is 17.8. The summed E-state index contributed by atoms with van der Waals surface area (Å²) in [7, 11) is 0. The first-order valence-electron chi connectivity index (χ1n) is 8.52. The maximum atomic E-state index is 12.2. The van der Waals surface area contributed by atoms with Crippen molar-refractivity contribution in [1.29, 1.82) is 0 Å². The molecule has 2 aromatic rings. The second-order valence-electron chi connectivity index (χ2n) is 6.28. The summed E-state index contributed by atoms with van der Waals surface area (Å²) < 4.78 is 12.5. The average Bonchev–Trinajstić information content (AvgIpc) is 3.16. The van der Waals surface area contributed by atoms with E-state index in [1.165, 1.54) is 4.57 Å². The van der Waals surface area contributed by atoms with Crippen molar-refractivity contribution >= 4 is 11.1 Å².